The van der Waals surface area contributed by atoms with E-state index in [1.807, 2.05) is 93.1 Å². The predicted octanol–water partition coefficient (Wildman–Crippen LogP) is 18.5. The Morgan fingerprint density at radius 1 is 0.283 bits per heavy atom. The van der Waals surface area contributed by atoms with E-state index in [-0.39, 0.29) is 10.8 Å². The molecule has 0 atom stereocenters. The number of hydrogen-bond acceptors (Lipinski definition) is 5. The fourth-order valence-corrected chi connectivity index (χ4v) is 15.2. The first-order chi connectivity index (χ1) is 53.8. The number of hydrogen-bond donors (Lipinski definition) is 0. The molecule has 0 aliphatic heterocycles. The normalized spacial score (nSPS) is 11.3. The van der Waals surface area contributed by atoms with Gasteiger partial charge in [0.15, 0.2) is 0 Å². The van der Waals surface area contributed by atoms with Crippen molar-refractivity contribution >= 4 is 0 Å². The molecule has 0 radical (unpaired) electrons. The fourth-order valence-electron chi connectivity index (χ4n) is 15.2. The molecular formula is C98H116N15+5. The average molecular weight is 1500 g/mol. The van der Waals surface area contributed by atoms with Crippen molar-refractivity contribution < 1.29 is 22.8 Å². The van der Waals surface area contributed by atoms with E-state index in [1.165, 1.54) is 106 Å². The zero-order valence-corrected chi connectivity index (χ0v) is 71.2. The van der Waals surface area contributed by atoms with Crippen LogP contribution in [0.3, 0.4) is 0 Å². The molecule has 0 N–H and O–H groups in total. The van der Waals surface area contributed by atoms with Gasteiger partial charge in [-0.05, 0) is 172 Å². The number of aryl methyl sites for hydroxylation is 12. The summed E-state index contributed by atoms with van der Waals surface area (Å²) in [5, 5.41) is 0. The monoisotopic (exact) mass is 1500 g/mol. The van der Waals surface area contributed by atoms with Crippen LogP contribution in [0.25, 0.3) is 114 Å². The van der Waals surface area contributed by atoms with Gasteiger partial charge in [-0.15, -0.1) is 0 Å². The fraction of sp³-hybridized carbons (Fsp3) is 0.286. The maximum atomic E-state index is 4.58. The highest BCUT2D eigenvalue weighted by Crippen LogP contribution is 2.33. The quantitative estimate of drug-likeness (QED) is 0.113. The van der Waals surface area contributed by atoms with E-state index in [0.717, 1.165) is 76.1 Å². The lowest BCUT2D eigenvalue weighted by Crippen LogP contribution is -2.35. The van der Waals surface area contributed by atoms with Gasteiger partial charge in [-0.1, -0.05) is 126 Å². The second-order valence-corrected chi connectivity index (χ2v) is 32.7. The Morgan fingerprint density at radius 2 is 0.602 bits per heavy atom. The lowest BCUT2D eigenvalue weighted by atomic mass is 9.87. The van der Waals surface area contributed by atoms with Crippen molar-refractivity contribution in [1.29, 1.82) is 0 Å². The van der Waals surface area contributed by atoms with Crippen LogP contribution in [0.4, 0.5) is 0 Å². The molecule has 0 unspecified atom stereocenters. The van der Waals surface area contributed by atoms with Gasteiger partial charge in [0, 0.05) is 180 Å². The first kappa shape index (κ1) is 81.9. The van der Waals surface area contributed by atoms with Crippen molar-refractivity contribution in [2.45, 2.75) is 110 Å². The van der Waals surface area contributed by atoms with E-state index in [1.54, 1.807) is 0 Å². The van der Waals surface area contributed by atoms with Gasteiger partial charge in [-0.25, -0.2) is 24.9 Å². The molecule has 0 saturated heterocycles. The van der Waals surface area contributed by atoms with E-state index in [2.05, 4.69) is 389 Å². The topological polar surface area (TPSA) is 108 Å². The van der Waals surface area contributed by atoms with Crippen molar-refractivity contribution in [3.05, 3.63) is 300 Å². The first-order valence-electron chi connectivity index (χ1n) is 39.0. The molecule has 15 rings (SSSR count). The minimum atomic E-state index is 0.238. The van der Waals surface area contributed by atoms with Crippen molar-refractivity contribution in [3.63, 3.8) is 0 Å². The summed E-state index contributed by atoms with van der Waals surface area (Å²) in [6, 6.07) is 67.0. The molecule has 0 amide bonds. The highest BCUT2D eigenvalue weighted by Gasteiger charge is 2.28. The smallest absolute Gasteiger partial charge is 0.249 e. The molecule has 578 valence electrons. The van der Waals surface area contributed by atoms with E-state index in [4.69, 9.17) is 0 Å². The van der Waals surface area contributed by atoms with E-state index >= 15 is 0 Å². The summed E-state index contributed by atoms with van der Waals surface area (Å²) in [4.78, 5) is 22.6. The molecule has 10 heterocycles. The van der Waals surface area contributed by atoms with Crippen LogP contribution in [0.2, 0.25) is 0 Å². The summed E-state index contributed by atoms with van der Waals surface area (Å²) in [6.45, 7) is 30.9. The molecule has 0 aliphatic rings. The van der Waals surface area contributed by atoms with Crippen LogP contribution in [-0.2, 0) is 83.3 Å². The van der Waals surface area contributed by atoms with Crippen LogP contribution in [-0.4, -0.2) is 47.8 Å². The van der Waals surface area contributed by atoms with Crippen molar-refractivity contribution in [2.75, 3.05) is 0 Å². The van der Waals surface area contributed by atoms with Gasteiger partial charge in [0.25, 0.3) is 0 Å². The summed E-state index contributed by atoms with van der Waals surface area (Å²) in [7, 11) is 20.7. The molecule has 10 aromatic heterocycles. The second-order valence-electron chi connectivity index (χ2n) is 32.7. The molecule has 113 heavy (non-hydrogen) atoms. The van der Waals surface area contributed by atoms with Gasteiger partial charge in [0.2, 0.25) is 86.1 Å². The summed E-state index contributed by atoms with van der Waals surface area (Å²) < 4.78 is 21.5. The number of imidazole rings is 5. The van der Waals surface area contributed by atoms with Crippen molar-refractivity contribution in [3.8, 4) is 114 Å². The summed E-state index contributed by atoms with van der Waals surface area (Å²) in [6.07, 6.45) is 19.3. The Bertz CT molecular complexity index is 5830. The standard InChI is InChI=1S/2C22H28N3.C19H22N3.C18H20N3.C17H18N3/c1-16-10-11-17(15-22(2,3)4)14-18(16)19-8-7-9-20(25(19)6)21-23-12-13-24(21)5;1-16-9-7-8-10-18(16)19-13-17(15-22(2,3)4)14-20(25(19)6)21-23-11-12-24(21)5;1-13-11-14(2)18(15(3)12-13)16-7-6-8-17(22(16)5)19-20-9-10-21(19)4;1-13-8-5-6-9-15(13)16-10-7-11-17(21(16)4)18-19-12-14(2)20(18)3;1-13-7-4-5-8-14(13)15-9-6-10-16(20(15)3)17-18-11-12-19(17)2/h2*7-14H,15H2,1-6H3;6-12H,1-5H3;5-12H,1-4H3;4-12H,1-3H3/q5*+1. The van der Waals surface area contributed by atoms with Crippen molar-refractivity contribution in [1.82, 2.24) is 47.8 Å². The molecule has 0 bridgehead atoms. The van der Waals surface area contributed by atoms with Gasteiger partial charge in [0.1, 0.15) is 35.2 Å². The molecule has 15 nitrogen and oxygen atoms in total. The zero-order chi connectivity index (χ0) is 81.3. The van der Waals surface area contributed by atoms with Crippen LogP contribution < -0.4 is 22.8 Å². The molecule has 5 aromatic carbocycles. The van der Waals surface area contributed by atoms with E-state index in [0.29, 0.717) is 0 Å². The predicted molar refractivity (Wildman–Crippen MR) is 460 cm³/mol. The van der Waals surface area contributed by atoms with Crippen LogP contribution in [0.15, 0.2) is 244 Å². The molecular weight excluding hydrogens is 1390 g/mol. The largest absolute Gasteiger partial charge is 0.329 e. The molecule has 0 fully saturated rings. The van der Waals surface area contributed by atoms with Gasteiger partial charge in [0.05, 0.1) is 5.56 Å². The molecule has 15 aromatic rings. The molecule has 0 saturated carbocycles. The zero-order valence-electron chi connectivity index (χ0n) is 71.2. The summed E-state index contributed by atoms with van der Waals surface area (Å²) >= 11 is 0. The Balaban J connectivity index is 0.000000140. The van der Waals surface area contributed by atoms with E-state index in [9.17, 15) is 0 Å². The average Bonchev–Trinajstić information content (AvgIpc) is 1.75. The number of rotatable bonds is 12. The molecule has 0 aliphatic carbocycles. The summed E-state index contributed by atoms with van der Waals surface area (Å²) in [5.41, 5.74) is 31.5. The van der Waals surface area contributed by atoms with Crippen LogP contribution in [0, 0.1) is 66.2 Å². The van der Waals surface area contributed by atoms with Gasteiger partial charge in [-0.2, -0.15) is 22.8 Å². The minimum Gasteiger partial charge on any atom is -0.329 e. The Hall–Kier alpha value is -12.1. The minimum absolute atomic E-state index is 0.238. The third-order valence-electron chi connectivity index (χ3n) is 21.2. The highest BCUT2D eigenvalue weighted by molar-refractivity contribution is 5.69. The number of nitrogens with zero attached hydrogens (tertiary/aromatic N) is 15. The van der Waals surface area contributed by atoms with Crippen LogP contribution in [0.1, 0.15) is 97.3 Å². The molecule has 15 heteroatoms. The Morgan fingerprint density at radius 3 is 0.973 bits per heavy atom. The maximum absolute atomic E-state index is 4.58. The maximum Gasteiger partial charge on any atom is 0.249 e. The first-order valence-corrected chi connectivity index (χ1v) is 39.0. The van der Waals surface area contributed by atoms with Gasteiger partial charge >= 0.3 is 0 Å². The lowest BCUT2D eigenvalue weighted by Gasteiger charge is -2.19. The Kier molecular flexibility index (Phi) is 25.4. The van der Waals surface area contributed by atoms with Crippen molar-refractivity contribution in [2.24, 2.45) is 81.3 Å². The summed E-state index contributed by atoms with van der Waals surface area (Å²) in [5.74, 6) is 4.92. The van der Waals surface area contributed by atoms with Gasteiger partial charge < -0.3 is 22.8 Å². The van der Waals surface area contributed by atoms with Gasteiger partial charge in [-0.3, -0.25) is 0 Å². The number of aromatic nitrogens is 15. The van der Waals surface area contributed by atoms with Crippen LogP contribution in [0.5, 0.6) is 0 Å². The number of pyridine rings is 5. The highest BCUT2D eigenvalue weighted by atomic mass is 15.1. The lowest BCUT2D eigenvalue weighted by molar-refractivity contribution is -0.649. The number of benzene rings is 5. The van der Waals surface area contributed by atoms with Crippen LogP contribution >= 0.6 is 0 Å². The third kappa shape index (κ3) is 18.9. The second kappa shape index (κ2) is 35.1. The van der Waals surface area contributed by atoms with E-state index < -0.39 is 0 Å². The molecule has 0 spiro atoms. The Labute approximate surface area is 671 Å². The third-order valence-corrected chi connectivity index (χ3v) is 21.2. The SMILES string of the molecule is Cc1cc(C)c(-c2cccc(-c3nccn3C)[n+]2C)c(C)c1.Cc1ccc(CC(C)(C)C)cc1-c1cccc(-c2nccn2C)[n+]1C.Cc1ccccc1-c1cc(CC(C)(C)C)cc(-c2nccn2C)[n+]1C.Cc1ccccc1-c1cccc(-c2ncc(C)n2C)[n+]1C.Cc1ccccc1-c1cccc(-c2nccn2C)[n+]1C.